The van der Waals surface area contributed by atoms with E-state index in [9.17, 15) is 9.59 Å². The second-order valence-corrected chi connectivity index (χ2v) is 5.11. The molecule has 4 nitrogen and oxygen atoms in total. The second-order valence-electron chi connectivity index (χ2n) is 3.25. The number of aliphatic carboxylic acids is 1. The number of carboxylic acids is 1. The molecule has 1 rings (SSSR count). The van der Waals surface area contributed by atoms with Crippen LogP contribution in [0.25, 0.3) is 0 Å². The molecule has 88 valence electrons. The lowest BCUT2D eigenvalue weighted by Gasteiger charge is -2.23. The van der Waals surface area contributed by atoms with Crippen LogP contribution in [0.2, 0.25) is 0 Å². The Bertz CT molecular complexity index is 380. The van der Waals surface area contributed by atoms with Crippen LogP contribution in [0.5, 0.6) is 0 Å². The number of halogens is 1. The Labute approximate surface area is 106 Å². The van der Waals surface area contributed by atoms with Gasteiger partial charge in [0.15, 0.2) is 6.04 Å². The van der Waals surface area contributed by atoms with E-state index in [1.807, 2.05) is 6.92 Å². The van der Waals surface area contributed by atoms with Crippen molar-refractivity contribution in [2.45, 2.75) is 19.4 Å². The maximum Gasteiger partial charge on any atom is 0.331 e. The third-order valence-corrected chi connectivity index (χ3v) is 3.79. The first-order chi connectivity index (χ1) is 7.60. The molecule has 0 spiro atoms. The minimum atomic E-state index is -1.00. The minimum absolute atomic E-state index is 0.440. The Morgan fingerprint density at radius 3 is 2.81 bits per heavy atom. The van der Waals surface area contributed by atoms with Crippen molar-refractivity contribution in [1.82, 2.24) is 4.90 Å². The zero-order valence-electron chi connectivity index (χ0n) is 8.72. The lowest BCUT2D eigenvalue weighted by Crippen LogP contribution is -2.33. The van der Waals surface area contributed by atoms with Crippen LogP contribution in [0, 0.1) is 0 Å². The number of carboxylic acid groups (broad SMARTS) is 1. The van der Waals surface area contributed by atoms with Gasteiger partial charge in [0.25, 0.3) is 0 Å². The van der Waals surface area contributed by atoms with E-state index in [2.05, 4.69) is 15.9 Å². The quantitative estimate of drug-likeness (QED) is 0.822. The zero-order valence-corrected chi connectivity index (χ0v) is 11.1. The zero-order chi connectivity index (χ0) is 12.1. The van der Waals surface area contributed by atoms with Crippen LogP contribution in [-0.2, 0) is 9.59 Å². The molecule has 0 aromatic carbocycles. The molecule has 1 N–H and O–H groups in total. The Kier molecular flexibility index (Phi) is 4.95. The van der Waals surface area contributed by atoms with E-state index in [1.54, 1.807) is 11.4 Å². The average molecular weight is 306 g/mol. The molecule has 1 atom stereocenters. The fraction of sp³-hybridized carbons (Fsp3) is 0.400. The van der Waals surface area contributed by atoms with Crippen molar-refractivity contribution >= 4 is 39.6 Å². The number of nitrogens with zero attached hydrogens (tertiary/aromatic N) is 1. The lowest BCUT2D eigenvalue weighted by molar-refractivity contribution is -0.146. The Hall–Kier alpha value is -0.880. The van der Waals surface area contributed by atoms with Crippen molar-refractivity contribution in [3.63, 3.8) is 0 Å². The van der Waals surface area contributed by atoms with Crippen LogP contribution >= 0.6 is 27.3 Å². The smallest absolute Gasteiger partial charge is 0.331 e. The molecule has 0 aliphatic rings. The van der Waals surface area contributed by atoms with Crippen LogP contribution in [0.4, 0.5) is 0 Å². The van der Waals surface area contributed by atoms with Gasteiger partial charge < -0.3 is 10.0 Å². The molecule has 0 saturated heterocycles. The second kappa shape index (κ2) is 6.00. The van der Waals surface area contributed by atoms with Crippen LogP contribution in [-0.4, -0.2) is 28.9 Å². The summed E-state index contributed by atoms with van der Waals surface area (Å²) in [4.78, 5) is 24.0. The molecule has 1 amide bonds. The summed E-state index contributed by atoms with van der Waals surface area (Å²) in [5.41, 5.74) is 0. The molecule has 0 aliphatic carbocycles. The SMILES string of the molecule is CCCN(C=O)C(C(=O)O)c1cc(Br)cs1. The van der Waals surface area contributed by atoms with Gasteiger partial charge >= 0.3 is 5.97 Å². The van der Waals surface area contributed by atoms with Gasteiger partial charge in [-0.3, -0.25) is 4.79 Å². The Morgan fingerprint density at radius 2 is 2.44 bits per heavy atom. The van der Waals surface area contributed by atoms with Gasteiger partial charge in [0, 0.05) is 21.3 Å². The summed E-state index contributed by atoms with van der Waals surface area (Å²) in [5, 5.41) is 11.0. The average Bonchev–Trinajstić information content (AvgIpc) is 2.63. The van der Waals surface area contributed by atoms with Gasteiger partial charge in [-0.15, -0.1) is 11.3 Å². The first kappa shape index (κ1) is 13.2. The molecule has 0 fully saturated rings. The largest absolute Gasteiger partial charge is 0.479 e. The molecule has 0 saturated carbocycles. The number of carbonyl (C=O) groups excluding carboxylic acids is 1. The summed E-state index contributed by atoms with van der Waals surface area (Å²) in [6, 6.07) is 0.851. The van der Waals surface area contributed by atoms with E-state index in [-0.39, 0.29) is 0 Å². The predicted octanol–water partition coefficient (Wildman–Crippen LogP) is 2.50. The van der Waals surface area contributed by atoms with Crippen molar-refractivity contribution in [3.8, 4) is 0 Å². The summed E-state index contributed by atoms with van der Waals surface area (Å²) in [6.07, 6.45) is 1.32. The van der Waals surface area contributed by atoms with Gasteiger partial charge in [0.2, 0.25) is 6.41 Å². The molecule has 6 heteroatoms. The summed E-state index contributed by atoms with van der Waals surface area (Å²) < 4.78 is 0.834. The number of hydrogen-bond donors (Lipinski definition) is 1. The summed E-state index contributed by atoms with van der Waals surface area (Å²) >= 11 is 4.60. The van der Waals surface area contributed by atoms with Crippen LogP contribution in [0.15, 0.2) is 15.9 Å². The van der Waals surface area contributed by atoms with Gasteiger partial charge in [0.05, 0.1) is 0 Å². The normalized spacial score (nSPS) is 12.1. The number of rotatable bonds is 6. The molecule has 16 heavy (non-hydrogen) atoms. The van der Waals surface area contributed by atoms with E-state index in [4.69, 9.17) is 5.11 Å². The topological polar surface area (TPSA) is 57.6 Å². The molecule has 1 unspecified atom stereocenters. The summed E-state index contributed by atoms with van der Waals surface area (Å²) in [7, 11) is 0. The van der Waals surface area contributed by atoms with Crippen LogP contribution in [0.3, 0.4) is 0 Å². The lowest BCUT2D eigenvalue weighted by atomic mass is 10.2. The van der Waals surface area contributed by atoms with Crippen molar-refractivity contribution in [1.29, 1.82) is 0 Å². The highest BCUT2D eigenvalue weighted by Gasteiger charge is 2.27. The molecule has 1 heterocycles. The summed E-state index contributed by atoms with van der Waals surface area (Å²) in [5.74, 6) is -1.00. The fourth-order valence-corrected chi connectivity index (χ4v) is 2.95. The maximum absolute atomic E-state index is 11.2. The minimum Gasteiger partial charge on any atom is -0.479 e. The molecule has 0 bridgehead atoms. The van der Waals surface area contributed by atoms with E-state index < -0.39 is 12.0 Å². The number of hydrogen-bond acceptors (Lipinski definition) is 3. The first-order valence-electron chi connectivity index (χ1n) is 4.78. The highest BCUT2D eigenvalue weighted by atomic mass is 79.9. The van der Waals surface area contributed by atoms with Crippen molar-refractivity contribution in [2.75, 3.05) is 6.54 Å². The van der Waals surface area contributed by atoms with Crippen molar-refractivity contribution < 1.29 is 14.7 Å². The molecular weight excluding hydrogens is 294 g/mol. The van der Waals surface area contributed by atoms with Crippen molar-refractivity contribution in [2.24, 2.45) is 0 Å². The third kappa shape index (κ3) is 3.05. The highest BCUT2D eigenvalue weighted by molar-refractivity contribution is 9.10. The number of thiophene rings is 1. The monoisotopic (exact) mass is 305 g/mol. The molecule has 1 aromatic heterocycles. The standard InChI is InChI=1S/C10H12BrNO3S/c1-2-3-12(6-13)9(10(14)15)8-4-7(11)5-16-8/h4-6,9H,2-3H2,1H3,(H,14,15). The van der Waals surface area contributed by atoms with E-state index in [0.717, 1.165) is 10.9 Å². The van der Waals surface area contributed by atoms with Gasteiger partial charge in [-0.05, 0) is 28.4 Å². The highest BCUT2D eigenvalue weighted by Crippen LogP contribution is 2.29. The maximum atomic E-state index is 11.2. The molecular formula is C10H12BrNO3S. The molecule has 1 aromatic rings. The number of carbonyl (C=O) groups is 2. The van der Waals surface area contributed by atoms with E-state index >= 15 is 0 Å². The Morgan fingerprint density at radius 1 is 1.75 bits per heavy atom. The van der Waals surface area contributed by atoms with Crippen LogP contribution < -0.4 is 0 Å². The van der Waals surface area contributed by atoms with Gasteiger partial charge in [0.1, 0.15) is 0 Å². The van der Waals surface area contributed by atoms with Gasteiger partial charge in [-0.1, -0.05) is 6.92 Å². The van der Waals surface area contributed by atoms with Crippen LogP contribution in [0.1, 0.15) is 24.3 Å². The number of amides is 1. The predicted molar refractivity (Wildman–Crippen MR) is 65.5 cm³/mol. The fourth-order valence-electron chi connectivity index (χ4n) is 1.40. The Balaban J connectivity index is 2.98. The van der Waals surface area contributed by atoms with Gasteiger partial charge in [-0.25, -0.2) is 4.79 Å². The third-order valence-electron chi connectivity index (χ3n) is 2.04. The molecule has 0 radical (unpaired) electrons. The first-order valence-corrected chi connectivity index (χ1v) is 6.45. The van der Waals surface area contributed by atoms with E-state index in [1.165, 1.54) is 16.2 Å². The van der Waals surface area contributed by atoms with Gasteiger partial charge in [-0.2, -0.15) is 0 Å². The van der Waals surface area contributed by atoms with E-state index in [0.29, 0.717) is 17.8 Å². The van der Waals surface area contributed by atoms with Crippen molar-refractivity contribution in [3.05, 3.63) is 20.8 Å². The molecule has 0 aliphatic heterocycles. The summed E-state index contributed by atoms with van der Waals surface area (Å²) in [6.45, 7) is 2.34.